The van der Waals surface area contributed by atoms with Gasteiger partial charge in [0.1, 0.15) is 0 Å². The third-order valence-electron chi connectivity index (χ3n) is 2.89. The van der Waals surface area contributed by atoms with E-state index in [9.17, 15) is 5.11 Å². The fourth-order valence-electron chi connectivity index (χ4n) is 2.26. The molecule has 1 saturated carbocycles. The lowest BCUT2D eigenvalue weighted by molar-refractivity contribution is 0.327. The number of aliphatic hydroxyl groups is 1. The van der Waals surface area contributed by atoms with Gasteiger partial charge in [0.25, 0.3) is 0 Å². The van der Waals surface area contributed by atoms with Gasteiger partial charge in [-0.15, -0.1) is 0 Å². The normalized spacial score (nSPS) is 18.4. The smallest absolute Gasteiger partial charge is 0.0641 e. The maximum atomic E-state index is 9.41. The minimum Gasteiger partial charge on any atom is -0.392 e. The van der Waals surface area contributed by atoms with Crippen molar-refractivity contribution >= 4 is 8.07 Å². The molecule has 0 amide bonds. The standard InChI is InChI=1S/C12H24OSi/c1-14(2,3)10-12(9-13)11-7-5-4-6-8-11/h13H,4-10H2,1-3H3. The van der Waals surface area contributed by atoms with Crippen LogP contribution < -0.4 is 0 Å². The number of hydrogen-bond donors (Lipinski definition) is 1. The van der Waals surface area contributed by atoms with E-state index in [1.807, 2.05) is 0 Å². The average Bonchev–Trinajstić information content (AvgIpc) is 2.14. The van der Waals surface area contributed by atoms with E-state index in [4.69, 9.17) is 0 Å². The fraction of sp³-hybridized carbons (Fsp3) is 0.833. The predicted molar refractivity (Wildman–Crippen MR) is 65.3 cm³/mol. The van der Waals surface area contributed by atoms with Crippen molar-refractivity contribution in [1.82, 2.24) is 0 Å². The van der Waals surface area contributed by atoms with Crippen LogP contribution in [0.3, 0.4) is 0 Å². The maximum absolute atomic E-state index is 9.41. The van der Waals surface area contributed by atoms with E-state index in [1.165, 1.54) is 43.7 Å². The lowest BCUT2D eigenvalue weighted by Gasteiger charge is -2.23. The molecule has 0 aromatic heterocycles. The molecule has 0 heterocycles. The molecule has 1 aliphatic rings. The molecule has 0 unspecified atom stereocenters. The molecular formula is C12H24OSi. The molecule has 0 aliphatic heterocycles. The Morgan fingerprint density at radius 2 is 1.71 bits per heavy atom. The topological polar surface area (TPSA) is 20.2 Å². The van der Waals surface area contributed by atoms with Crippen LogP contribution in [0.4, 0.5) is 0 Å². The highest BCUT2D eigenvalue weighted by Crippen LogP contribution is 2.29. The minimum atomic E-state index is -1.04. The summed E-state index contributed by atoms with van der Waals surface area (Å²) in [5.41, 5.74) is 2.96. The summed E-state index contributed by atoms with van der Waals surface area (Å²) in [6, 6.07) is 1.19. The second-order valence-electron chi connectivity index (χ2n) is 5.66. The molecule has 0 saturated heterocycles. The highest BCUT2D eigenvalue weighted by Gasteiger charge is 2.18. The molecule has 0 aromatic rings. The molecule has 0 radical (unpaired) electrons. The summed E-state index contributed by atoms with van der Waals surface area (Å²) < 4.78 is 0. The summed E-state index contributed by atoms with van der Waals surface area (Å²) in [6.07, 6.45) is 6.56. The molecule has 2 heteroatoms. The predicted octanol–water partition coefficient (Wildman–Crippen LogP) is 3.58. The van der Waals surface area contributed by atoms with E-state index < -0.39 is 8.07 Å². The summed E-state index contributed by atoms with van der Waals surface area (Å²) in [5, 5.41) is 9.41. The van der Waals surface area contributed by atoms with Gasteiger partial charge in [-0.25, -0.2) is 0 Å². The molecule has 0 atom stereocenters. The SMILES string of the molecule is C[Si](C)(C)CC(CO)=C1CCCCC1. The Balaban J connectivity index is 2.67. The average molecular weight is 212 g/mol. The van der Waals surface area contributed by atoms with Crippen molar-refractivity contribution in [3.05, 3.63) is 11.1 Å². The Morgan fingerprint density at radius 3 is 2.14 bits per heavy atom. The highest BCUT2D eigenvalue weighted by atomic mass is 28.3. The number of aliphatic hydroxyl groups excluding tert-OH is 1. The Morgan fingerprint density at radius 1 is 1.14 bits per heavy atom. The Labute approximate surface area is 89.2 Å². The third kappa shape index (κ3) is 3.97. The van der Waals surface area contributed by atoms with Crippen molar-refractivity contribution in [2.45, 2.75) is 57.8 Å². The van der Waals surface area contributed by atoms with Crippen molar-refractivity contribution in [3.8, 4) is 0 Å². The van der Waals surface area contributed by atoms with Gasteiger partial charge in [-0.05, 0) is 37.3 Å². The quantitative estimate of drug-likeness (QED) is 0.560. The van der Waals surface area contributed by atoms with Crippen LogP contribution in [0.15, 0.2) is 11.1 Å². The van der Waals surface area contributed by atoms with E-state index in [0.717, 1.165) is 0 Å². The third-order valence-corrected chi connectivity index (χ3v) is 4.38. The first-order valence-corrected chi connectivity index (χ1v) is 9.54. The van der Waals surface area contributed by atoms with Gasteiger partial charge in [-0.1, -0.05) is 31.6 Å². The zero-order valence-corrected chi connectivity index (χ0v) is 10.9. The molecule has 82 valence electrons. The molecule has 1 fully saturated rings. The van der Waals surface area contributed by atoms with Gasteiger partial charge in [-0.2, -0.15) is 0 Å². The van der Waals surface area contributed by atoms with Crippen molar-refractivity contribution in [2.24, 2.45) is 0 Å². The van der Waals surface area contributed by atoms with Crippen LogP contribution in [-0.4, -0.2) is 19.8 Å². The Kier molecular flexibility index (Phi) is 4.39. The summed E-state index contributed by atoms with van der Waals surface area (Å²) in [5.74, 6) is 0. The summed E-state index contributed by atoms with van der Waals surface area (Å²) >= 11 is 0. The van der Waals surface area contributed by atoms with E-state index in [2.05, 4.69) is 19.6 Å². The van der Waals surface area contributed by atoms with Crippen LogP contribution in [0.5, 0.6) is 0 Å². The molecular weight excluding hydrogens is 188 g/mol. The minimum absolute atomic E-state index is 0.305. The van der Waals surface area contributed by atoms with Crippen LogP contribution in [0.1, 0.15) is 32.1 Å². The van der Waals surface area contributed by atoms with Crippen LogP contribution in [0.25, 0.3) is 0 Å². The zero-order chi connectivity index (χ0) is 10.6. The van der Waals surface area contributed by atoms with Crippen molar-refractivity contribution < 1.29 is 5.11 Å². The molecule has 1 aliphatic carbocycles. The van der Waals surface area contributed by atoms with Gasteiger partial charge in [0.05, 0.1) is 6.61 Å². The first-order chi connectivity index (χ1) is 6.53. The van der Waals surface area contributed by atoms with E-state index in [1.54, 1.807) is 5.57 Å². The van der Waals surface area contributed by atoms with Crippen LogP contribution >= 0.6 is 0 Å². The Hall–Kier alpha value is -0.0831. The monoisotopic (exact) mass is 212 g/mol. The summed E-state index contributed by atoms with van der Waals surface area (Å²) in [4.78, 5) is 0. The van der Waals surface area contributed by atoms with E-state index in [-0.39, 0.29) is 0 Å². The first-order valence-electron chi connectivity index (χ1n) is 5.83. The largest absolute Gasteiger partial charge is 0.392 e. The fourth-order valence-corrected chi connectivity index (χ4v) is 3.91. The molecule has 0 aromatic carbocycles. The van der Waals surface area contributed by atoms with Crippen molar-refractivity contribution in [1.29, 1.82) is 0 Å². The first kappa shape index (κ1) is 12.0. The van der Waals surface area contributed by atoms with E-state index in [0.29, 0.717) is 6.61 Å². The van der Waals surface area contributed by atoms with Gasteiger partial charge >= 0.3 is 0 Å². The van der Waals surface area contributed by atoms with Gasteiger partial charge < -0.3 is 5.11 Å². The number of rotatable bonds is 3. The lowest BCUT2D eigenvalue weighted by Crippen LogP contribution is -2.22. The molecule has 1 rings (SSSR count). The molecule has 0 spiro atoms. The van der Waals surface area contributed by atoms with E-state index >= 15 is 0 Å². The highest BCUT2D eigenvalue weighted by molar-refractivity contribution is 6.76. The summed E-state index contributed by atoms with van der Waals surface area (Å²) in [7, 11) is -1.04. The van der Waals surface area contributed by atoms with Gasteiger partial charge in [0.15, 0.2) is 0 Å². The zero-order valence-electron chi connectivity index (χ0n) is 9.90. The summed E-state index contributed by atoms with van der Waals surface area (Å²) in [6.45, 7) is 7.45. The van der Waals surface area contributed by atoms with Crippen LogP contribution in [-0.2, 0) is 0 Å². The molecule has 0 bridgehead atoms. The van der Waals surface area contributed by atoms with Gasteiger partial charge in [0.2, 0.25) is 0 Å². The van der Waals surface area contributed by atoms with Gasteiger partial charge in [0, 0.05) is 8.07 Å². The van der Waals surface area contributed by atoms with Gasteiger partial charge in [-0.3, -0.25) is 0 Å². The van der Waals surface area contributed by atoms with Crippen LogP contribution in [0.2, 0.25) is 25.7 Å². The van der Waals surface area contributed by atoms with Crippen molar-refractivity contribution in [2.75, 3.05) is 6.61 Å². The second-order valence-corrected chi connectivity index (χ2v) is 11.1. The number of hydrogen-bond acceptors (Lipinski definition) is 1. The maximum Gasteiger partial charge on any atom is 0.0641 e. The molecule has 14 heavy (non-hydrogen) atoms. The Bertz CT molecular complexity index is 205. The van der Waals surface area contributed by atoms with Crippen LogP contribution in [0, 0.1) is 0 Å². The van der Waals surface area contributed by atoms with Crippen molar-refractivity contribution in [3.63, 3.8) is 0 Å². The molecule has 1 nitrogen and oxygen atoms in total. The number of allylic oxidation sites excluding steroid dienone is 1. The lowest BCUT2D eigenvalue weighted by atomic mass is 9.92. The molecule has 1 N–H and O–H groups in total. The second kappa shape index (κ2) is 5.13.